The highest BCUT2D eigenvalue weighted by molar-refractivity contribution is 5.94. The van der Waals surface area contributed by atoms with Gasteiger partial charge < -0.3 is 20.9 Å². The maximum absolute atomic E-state index is 11.0. The van der Waals surface area contributed by atoms with Gasteiger partial charge in [0.1, 0.15) is 11.6 Å². The molecular formula is C14H12N4O3. The zero-order valence-corrected chi connectivity index (χ0v) is 11.1. The Morgan fingerprint density at radius 2 is 2.24 bits per heavy atom. The second kappa shape index (κ2) is 5.79. The number of aromatic nitrogens is 1. The monoisotopic (exact) mass is 284 g/mol. The van der Waals surface area contributed by atoms with Crippen molar-refractivity contribution >= 4 is 23.2 Å². The molecule has 21 heavy (non-hydrogen) atoms. The van der Waals surface area contributed by atoms with Crippen LogP contribution >= 0.6 is 0 Å². The minimum atomic E-state index is -1.13. The minimum absolute atomic E-state index is 0.0416. The Labute approximate surface area is 120 Å². The van der Waals surface area contributed by atoms with Crippen molar-refractivity contribution in [1.82, 2.24) is 4.98 Å². The Kier molecular flexibility index (Phi) is 3.90. The Morgan fingerprint density at radius 1 is 1.48 bits per heavy atom. The summed E-state index contributed by atoms with van der Waals surface area (Å²) in [6, 6.07) is 8.16. The van der Waals surface area contributed by atoms with E-state index in [1.807, 2.05) is 6.07 Å². The van der Waals surface area contributed by atoms with E-state index < -0.39 is 5.97 Å². The number of pyridine rings is 1. The molecule has 0 bridgehead atoms. The van der Waals surface area contributed by atoms with Crippen LogP contribution in [0.5, 0.6) is 5.75 Å². The summed E-state index contributed by atoms with van der Waals surface area (Å²) in [5.74, 6) is -0.376. The lowest BCUT2D eigenvalue weighted by Gasteiger charge is -2.11. The molecule has 0 fully saturated rings. The number of nitrogens with one attached hydrogen (secondary N) is 1. The van der Waals surface area contributed by atoms with Gasteiger partial charge in [0.2, 0.25) is 0 Å². The summed E-state index contributed by atoms with van der Waals surface area (Å²) in [4.78, 5) is 15.1. The number of carboxylic acids is 1. The highest BCUT2D eigenvalue weighted by Gasteiger charge is 2.11. The van der Waals surface area contributed by atoms with Gasteiger partial charge in [-0.05, 0) is 18.2 Å². The van der Waals surface area contributed by atoms with Crippen LogP contribution in [-0.2, 0) is 0 Å². The lowest BCUT2D eigenvalue weighted by molar-refractivity contribution is 0.0698. The molecule has 4 N–H and O–H groups in total. The second-order valence-electron chi connectivity index (χ2n) is 4.11. The highest BCUT2D eigenvalue weighted by atomic mass is 16.5. The van der Waals surface area contributed by atoms with E-state index >= 15 is 0 Å². The van der Waals surface area contributed by atoms with E-state index in [4.69, 9.17) is 20.8 Å². The quantitative estimate of drug-likeness (QED) is 0.784. The first-order valence-electron chi connectivity index (χ1n) is 5.89. The molecule has 2 rings (SSSR count). The molecule has 2 aromatic rings. The number of methoxy groups -OCH3 is 1. The number of anilines is 3. The topological polar surface area (TPSA) is 121 Å². The standard InChI is InChI=1S/C14H12N4O3/c1-21-12-4-8(6-15)2-3-11(12)18-13-5-9(14(19)20)10(16)7-17-13/h2-5,7H,16H2,1H3,(H,17,18)(H,19,20). The third-order valence-corrected chi connectivity index (χ3v) is 2.76. The first kappa shape index (κ1) is 14.1. The van der Waals surface area contributed by atoms with Crippen molar-refractivity contribution in [2.45, 2.75) is 0 Å². The smallest absolute Gasteiger partial charge is 0.337 e. The molecule has 1 aromatic heterocycles. The maximum atomic E-state index is 11.0. The van der Waals surface area contributed by atoms with Gasteiger partial charge in [-0.1, -0.05) is 0 Å². The summed E-state index contributed by atoms with van der Waals surface area (Å²) in [5, 5.41) is 20.8. The van der Waals surface area contributed by atoms with Gasteiger partial charge in [-0.2, -0.15) is 5.26 Å². The van der Waals surface area contributed by atoms with E-state index in [2.05, 4.69) is 10.3 Å². The lowest BCUT2D eigenvalue weighted by Crippen LogP contribution is -2.05. The summed E-state index contributed by atoms with van der Waals surface area (Å²) in [6.07, 6.45) is 1.27. The predicted molar refractivity (Wildman–Crippen MR) is 76.6 cm³/mol. The maximum Gasteiger partial charge on any atom is 0.337 e. The van der Waals surface area contributed by atoms with Crippen LogP contribution in [0.25, 0.3) is 0 Å². The molecule has 0 aliphatic rings. The number of nitriles is 1. The third kappa shape index (κ3) is 3.01. The van der Waals surface area contributed by atoms with Crippen molar-refractivity contribution in [3.8, 4) is 11.8 Å². The number of ether oxygens (including phenoxy) is 1. The SMILES string of the molecule is COc1cc(C#N)ccc1Nc1cc(C(=O)O)c(N)cn1. The van der Waals surface area contributed by atoms with Gasteiger partial charge in [0.05, 0.1) is 41.9 Å². The van der Waals surface area contributed by atoms with E-state index in [1.54, 1.807) is 18.2 Å². The van der Waals surface area contributed by atoms with Crippen molar-refractivity contribution in [2.75, 3.05) is 18.2 Å². The molecule has 1 aromatic carbocycles. The number of nitrogen functional groups attached to an aromatic ring is 1. The average Bonchev–Trinajstić information content (AvgIpc) is 2.49. The molecule has 7 heteroatoms. The minimum Gasteiger partial charge on any atom is -0.495 e. The van der Waals surface area contributed by atoms with Gasteiger partial charge >= 0.3 is 5.97 Å². The number of hydrogen-bond donors (Lipinski definition) is 3. The van der Waals surface area contributed by atoms with Crippen molar-refractivity contribution < 1.29 is 14.6 Å². The summed E-state index contributed by atoms with van der Waals surface area (Å²) in [5.41, 5.74) is 6.60. The van der Waals surface area contributed by atoms with Crippen LogP contribution in [-0.4, -0.2) is 23.2 Å². The van der Waals surface area contributed by atoms with Gasteiger partial charge in [-0.15, -0.1) is 0 Å². The molecule has 0 spiro atoms. The van der Waals surface area contributed by atoms with Crippen LogP contribution in [0.3, 0.4) is 0 Å². The second-order valence-corrected chi connectivity index (χ2v) is 4.11. The third-order valence-electron chi connectivity index (χ3n) is 2.76. The fraction of sp³-hybridized carbons (Fsp3) is 0.0714. The van der Waals surface area contributed by atoms with Crippen LogP contribution in [0, 0.1) is 11.3 Å². The van der Waals surface area contributed by atoms with Crippen LogP contribution in [0.2, 0.25) is 0 Å². The van der Waals surface area contributed by atoms with Gasteiger partial charge in [-0.25, -0.2) is 9.78 Å². The van der Waals surface area contributed by atoms with E-state index in [-0.39, 0.29) is 11.3 Å². The zero-order valence-electron chi connectivity index (χ0n) is 11.1. The Balaban J connectivity index is 2.37. The Bertz CT molecular complexity index is 737. The van der Waals surface area contributed by atoms with Crippen molar-refractivity contribution in [3.05, 3.63) is 41.6 Å². The molecule has 0 saturated carbocycles. The molecule has 0 atom stereocenters. The fourth-order valence-corrected chi connectivity index (χ4v) is 1.72. The summed E-state index contributed by atoms with van der Waals surface area (Å²) in [7, 11) is 1.47. The number of benzene rings is 1. The molecule has 0 aliphatic heterocycles. The number of nitrogens with two attached hydrogens (primary N) is 1. The molecule has 0 unspecified atom stereocenters. The molecular weight excluding hydrogens is 272 g/mol. The molecule has 0 aliphatic carbocycles. The van der Waals surface area contributed by atoms with E-state index in [1.165, 1.54) is 19.4 Å². The molecule has 0 radical (unpaired) electrons. The first-order valence-corrected chi connectivity index (χ1v) is 5.89. The highest BCUT2D eigenvalue weighted by Crippen LogP contribution is 2.28. The fourth-order valence-electron chi connectivity index (χ4n) is 1.72. The number of hydrogen-bond acceptors (Lipinski definition) is 6. The number of carbonyl (C=O) groups is 1. The van der Waals surface area contributed by atoms with Crippen LogP contribution < -0.4 is 15.8 Å². The Hall–Kier alpha value is -3.27. The average molecular weight is 284 g/mol. The van der Waals surface area contributed by atoms with Gasteiger partial charge in [0.25, 0.3) is 0 Å². The first-order chi connectivity index (χ1) is 10.0. The Morgan fingerprint density at radius 3 is 2.86 bits per heavy atom. The number of carboxylic acid groups (broad SMARTS) is 1. The summed E-state index contributed by atoms with van der Waals surface area (Å²) < 4.78 is 5.18. The molecule has 106 valence electrons. The van der Waals surface area contributed by atoms with Crippen molar-refractivity contribution in [1.29, 1.82) is 5.26 Å². The number of aromatic carboxylic acids is 1. The summed E-state index contributed by atoms with van der Waals surface area (Å²) >= 11 is 0. The molecule has 0 saturated heterocycles. The van der Waals surface area contributed by atoms with Gasteiger partial charge in [0.15, 0.2) is 0 Å². The van der Waals surface area contributed by atoms with Gasteiger partial charge in [0, 0.05) is 6.07 Å². The number of nitrogens with zero attached hydrogens (tertiary/aromatic N) is 2. The largest absolute Gasteiger partial charge is 0.495 e. The number of rotatable bonds is 4. The van der Waals surface area contributed by atoms with Crippen molar-refractivity contribution in [2.24, 2.45) is 0 Å². The van der Waals surface area contributed by atoms with Gasteiger partial charge in [-0.3, -0.25) is 0 Å². The zero-order chi connectivity index (χ0) is 15.4. The molecule has 7 nitrogen and oxygen atoms in total. The van der Waals surface area contributed by atoms with Crippen LogP contribution in [0.4, 0.5) is 17.2 Å². The van der Waals surface area contributed by atoms with E-state index in [0.717, 1.165) is 0 Å². The molecule has 1 heterocycles. The molecule has 0 amide bonds. The van der Waals surface area contributed by atoms with E-state index in [9.17, 15) is 4.79 Å². The van der Waals surface area contributed by atoms with E-state index in [0.29, 0.717) is 22.8 Å². The van der Waals surface area contributed by atoms with Crippen LogP contribution in [0.15, 0.2) is 30.5 Å². The predicted octanol–water partition coefficient (Wildman–Crippen LogP) is 1.99. The lowest BCUT2D eigenvalue weighted by atomic mass is 10.2. The van der Waals surface area contributed by atoms with Crippen molar-refractivity contribution in [3.63, 3.8) is 0 Å². The van der Waals surface area contributed by atoms with Crippen LogP contribution in [0.1, 0.15) is 15.9 Å². The summed E-state index contributed by atoms with van der Waals surface area (Å²) in [6.45, 7) is 0. The normalized spacial score (nSPS) is 9.71.